The van der Waals surface area contributed by atoms with Crippen LogP contribution in [0.5, 0.6) is 0 Å². The van der Waals surface area contributed by atoms with Crippen molar-refractivity contribution in [2.24, 2.45) is 0 Å². The number of rotatable bonds is 8. The van der Waals surface area contributed by atoms with E-state index in [0.29, 0.717) is 19.3 Å². The Morgan fingerprint density at radius 1 is 1.24 bits per heavy atom. The zero-order chi connectivity index (χ0) is 13.3. The van der Waals surface area contributed by atoms with E-state index < -0.39 is 18.0 Å². The van der Waals surface area contributed by atoms with Gasteiger partial charge in [0.25, 0.3) is 0 Å². The summed E-state index contributed by atoms with van der Waals surface area (Å²) in [6, 6.07) is -0.619. The van der Waals surface area contributed by atoms with Crippen LogP contribution in [0.4, 0.5) is 0 Å². The molecule has 1 amide bonds. The molecule has 17 heavy (non-hydrogen) atoms. The number of nitrogens with one attached hydrogen (secondary N) is 1. The monoisotopic (exact) mass is 245 g/mol. The first-order valence-electron chi connectivity index (χ1n) is 5.60. The lowest BCUT2D eigenvalue weighted by Gasteiger charge is -2.14. The second-order valence-corrected chi connectivity index (χ2v) is 3.65. The second kappa shape index (κ2) is 8.55. The van der Waals surface area contributed by atoms with E-state index in [-0.39, 0.29) is 18.7 Å². The molecule has 98 valence electrons. The summed E-state index contributed by atoms with van der Waals surface area (Å²) in [4.78, 5) is 32.8. The lowest BCUT2D eigenvalue weighted by Crippen LogP contribution is -2.40. The molecule has 0 aromatic heterocycles. The highest BCUT2D eigenvalue weighted by atomic mass is 16.5. The Labute approximate surface area is 100 Å². The topological polar surface area (TPSA) is 92.7 Å². The van der Waals surface area contributed by atoms with E-state index in [1.54, 1.807) is 6.92 Å². The van der Waals surface area contributed by atoms with Gasteiger partial charge in [-0.3, -0.25) is 9.59 Å². The van der Waals surface area contributed by atoms with Crippen molar-refractivity contribution < 1.29 is 24.2 Å². The van der Waals surface area contributed by atoms with Crippen LogP contribution in [0, 0.1) is 0 Å². The van der Waals surface area contributed by atoms with Gasteiger partial charge in [-0.25, -0.2) is 4.79 Å². The van der Waals surface area contributed by atoms with Crippen molar-refractivity contribution in [3.05, 3.63) is 0 Å². The largest absolute Gasteiger partial charge is 0.481 e. The molecular weight excluding hydrogens is 226 g/mol. The van der Waals surface area contributed by atoms with Crippen molar-refractivity contribution in [1.29, 1.82) is 0 Å². The predicted molar refractivity (Wildman–Crippen MR) is 60.3 cm³/mol. The van der Waals surface area contributed by atoms with Crippen LogP contribution in [0.3, 0.4) is 0 Å². The summed E-state index contributed by atoms with van der Waals surface area (Å²) in [6.45, 7) is 1.77. The first kappa shape index (κ1) is 15.4. The predicted octanol–water partition coefficient (Wildman–Crippen LogP) is 0.699. The quantitative estimate of drug-likeness (QED) is 0.485. The van der Waals surface area contributed by atoms with Crippen molar-refractivity contribution in [2.45, 2.75) is 45.1 Å². The molecule has 0 aliphatic heterocycles. The van der Waals surface area contributed by atoms with E-state index in [4.69, 9.17) is 5.11 Å². The van der Waals surface area contributed by atoms with Crippen LogP contribution in [-0.2, 0) is 19.1 Å². The fourth-order valence-corrected chi connectivity index (χ4v) is 1.30. The highest BCUT2D eigenvalue weighted by Gasteiger charge is 2.18. The van der Waals surface area contributed by atoms with Gasteiger partial charge in [0.1, 0.15) is 6.04 Å². The van der Waals surface area contributed by atoms with Gasteiger partial charge in [-0.15, -0.1) is 0 Å². The summed E-state index contributed by atoms with van der Waals surface area (Å²) in [7, 11) is 1.27. The smallest absolute Gasteiger partial charge is 0.328 e. The number of carbonyl (C=O) groups excluding carboxylic acids is 2. The summed E-state index contributed by atoms with van der Waals surface area (Å²) in [6.07, 6.45) is 1.70. The number of carboxylic acids is 1. The molecule has 0 radical (unpaired) electrons. The van der Waals surface area contributed by atoms with Gasteiger partial charge in [0, 0.05) is 12.8 Å². The van der Waals surface area contributed by atoms with Gasteiger partial charge < -0.3 is 15.2 Å². The van der Waals surface area contributed by atoms with E-state index in [1.807, 2.05) is 0 Å². The van der Waals surface area contributed by atoms with E-state index in [0.717, 1.165) is 0 Å². The highest BCUT2D eigenvalue weighted by molar-refractivity contribution is 5.84. The maximum absolute atomic E-state index is 11.4. The lowest BCUT2D eigenvalue weighted by molar-refractivity contribution is -0.145. The van der Waals surface area contributed by atoms with E-state index in [1.165, 1.54) is 7.11 Å². The van der Waals surface area contributed by atoms with Crippen LogP contribution >= 0.6 is 0 Å². The Bertz CT molecular complexity index is 277. The summed E-state index contributed by atoms with van der Waals surface area (Å²) in [5.74, 6) is -1.59. The molecule has 0 saturated carbocycles. The van der Waals surface area contributed by atoms with Gasteiger partial charge in [0.15, 0.2) is 0 Å². The molecule has 0 heterocycles. The molecule has 0 aromatic rings. The minimum atomic E-state index is -0.869. The molecule has 6 heteroatoms. The average molecular weight is 245 g/mol. The van der Waals surface area contributed by atoms with Gasteiger partial charge in [-0.05, 0) is 19.3 Å². The maximum Gasteiger partial charge on any atom is 0.328 e. The first-order valence-corrected chi connectivity index (χ1v) is 5.60. The number of carboxylic acid groups (broad SMARTS) is 1. The normalized spacial score (nSPS) is 11.6. The lowest BCUT2D eigenvalue weighted by atomic mass is 10.1. The number of hydrogen-bond acceptors (Lipinski definition) is 4. The van der Waals surface area contributed by atoms with Gasteiger partial charge in [0.05, 0.1) is 7.11 Å². The molecule has 0 spiro atoms. The molecule has 0 aliphatic carbocycles. The van der Waals surface area contributed by atoms with Crippen LogP contribution < -0.4 is 5.32 Å². The van der Waals surface area contributed by atoms with Gasteiger partial charge in [-0.1, -0.05) is 6.92 Å². The zero-order valence-electron chi connectivity index (χ0n) is 10.2. The van der Waals surface area contributed by atoms with Crippen LogP contribution in [-0.4, -0.2) is 36.1 Å². The Kier molecular flexibility index (Phi) is 7.75. The Hall–Kier alpha value is -1.59. The van der Waals surface area contributed by atoms with Crippen LogP contribution in [0.15, 0.2) is 0 Å². The van der Waals surface area contributed by atoms with Crippen molar-refractivity contribution >= 4 is 17.8 Å². The first-order chi connectivity index (χ1) is 8.01. The number of methoxy groups -OCH3 is 1. The third-order valence-corrected chi connectivity index (χ3v) is 2.27. The minimum absolute atomic E-state index is 0.0570. The number of aliphatic carboxylic acids is 1. The SMILES string of the molecule is CCC(NC(=O)CCCCC(=O)O)C(=O)OC. The Morgan fingerprint density at radius 3 is 2.29 bits per heavy atom. The fraction of sp³-hybridized carbons (Fsp3) is 0.727. The van der Waals surface area contributed by atoms with Gasteiger partial charge in [0.2, 0.25) is 5.91 Å². The highest BCUT2D eigenvalue weighted by Crippen LogP contribution is 2.01. The second-order valence-electron chi connectivity index (χ2n) is 3.65. The summed E-state index contributed by atoms with van der Waals surface area (Å²) in [5, 5.41) is 10.9. The average Bonchev–Trinajstić information content (AvgIpc) is 2.30. The third-order valence-electron chi connectivity index (χ3n) is 2.27. The number of esters is 1. The van der Waals surface area contributed by atoms with Crippen molar-refractivity contribution in [1.82, 2.24) is 5.32 Å². The number of hydrogen-bond donors (Lipinski definition) is 2. The van der Waals surface area contributed by atoms with Crippen LogP contribution in [0.1, 0.15) is 39.0 Å². The molecular formula is C11H19NO5. The standard InChI is InChI=1S/C11H19NO5/c1-3-8(11(16)17-2)12-9(13)6-4-5-7-10(14)15/h8H,3-7H2,1-2H3,(H,12,13)(H,14,15). The van der Waals surface area contributed by atoms with Crippen LogP contribution in [0.2, 0.25) is 0 Å². The van der Waals surface area contributed by atoms with Crippen molar-refractivity contribution in [2.75, 3.05) is 7.11 Å². The maximum atomic E-state index is 11.4. The van der Waals surface area contributed by atoms with Crippen LogP contribution in [0.25, 0.3) is 0 Å². The van der Waals surface area contributed by atoms with Crippen molar-refractivity contribution in [3.8, 4) is 0 Å². The zero-order valence-corrected chi connectivity index (χ0v) is 10.2. The minimum Gasteiger partial charge on any atom is -0.481 e. The molecule has 0 aliphatic rings. The molecule has 0 fully saturated rings. The number of ether oxygens (including phenoxy) is 1. The van der Waals surface area contributed by atoms with Gasteiger partial charge in [-0.2, -0.15) is 0 Å². The van der Waals surface area contributed by atoms with E-state index >= 15 is 0 Å². The third kappa shape index (κ3) is 7.32. The van der Waals surface area contributed by atoms with Crippen molar-refractivity contribution in [3.63, 3.8) is 0 Å². The summed E-state index contributed by atoms with van der Waals surface area (Å²) in [5.41, 5.74) is 0. The molecule has 6 nitrogen and oxygen atoms in total. The number of carbonyl (C=O) groups is 3. The van der Waals surface area contributed by atoms with E-state index in [9.17, 15) is 14.4 Å². The summed E-state index contributed by atoms with van der Waals surface area (Å²) < 4.78 is 4.53. The number of amides is 1. The molecule has 1 atom stereocenters. The van der Waals surface area contributed by atoms with E-state index in [2.05, 4.69) is 10.1 Å². The number of unbranched alkanes of at least 4 members (excludes halogenated alkanes) is 1. The molecule has 0 saturated heterocycles. The molecule has 1 unspecified atom stereocenters. The summed E-state index contributed by atoms with van der Waals surface area (Å²) >= 11 is 0. The Balaban J connectivity index is 3.83. The Morgan fingerprint density at radius 2 is 1.82 bits per heavy atom. The molecule has 2 N–H and O–H groups in total. The van der Waals surface area contributed by atoms with Gasteiger partial charge >= 0.3 is 11.9 Å². The molecule has 0 bridgehead atoms. The fourth-order valence-electron chi connectivity index (χ4n) is 1.30. The molecule has 0 aromatic carbocycles. The molecule has 0 rings (SSSR count).